The molecule has 0 saturated heterocycles. The van der Waals surface area contributed by atoms with Crippen LogP contribution in [0.2, 0.25) is 5.15 Å². The summed E-state index contributed by atoms with van der Waals surface area (Å²) in [5.74, 6) is -0.268. The maximum Gasteiger partial charge on any atom is 0.253 e. The molecule has 5 heteroatoms. The molecule has 0 saturated carbocycles. The quantitative estimate of drug-likeness (QED) is 0.734. The van der Waals surface area contributed by atoms with E-state index in [4.69, 9.17) is 16.7 Å². The Kier molecular flexibility index (Phi) is 3.85. The van der Waals surface area contributed by atoms with E-state index in [2.05, 4.69) is 10.3 Å². The number of aliphatic hydroxyl groups excluding tert-OH is 1. The summed E-state index contributed by atoms with van der Waals surface area (Å²) < 4.78 is 0. The van der Waals surface area contributed by atoms with Crippen molar-refractivity contribution in [1.29, 1.82) is 0 Å². The Morgan fingerprint density at radius 3 is 2.93 bits per heavy atom. The van der Waals surface area contributed by atoms with Crippen molar-refractivity contribution in [3.63, 3.8) is 0 Å². The molecule has 0 fully saturated rings. The first-order chi connectivity index (χ1) is 6.63. The van der Waals surface area contributed by atoms with Gasteiger partial charge >= 0.3 is 0 Å². The summed E-state index contributed by atoms with van der Waals surface area (Å²) >= 11 is 5.57. The van der Waals surface area contributed by atoms with Crippen LogP contribution in [-0.4, -0.2) is 28.6 Å². The second kappa shape index (κ2) is 4.93. The van der Waals surface area contributed by atoms with Crippen molar-refractivity contribution in [1.82, 2.24) is 10.3 Å². The van der Waals surface area contributed by atoms with Crippen molar-refractivity contribution < 1.29 is 9.90 Å². The Bertz CT molecular complexity index is 313. The summed E-state index contributed by atoms with van der Waals surface area (Å²) in [6, 6.07) is 2.85. The molecule has 1 unspecified atom stereocenters. The Morgan fingerprint density at radius 2 is 2.43 bits per heavy atom. The lowest BCUT2D eigenvalue weighted by atomic mass is 10.2. The van der Waals surface area contributed by atoms with Crippen LogP contribution in [0.5, 0.6) is 0 Å². The molecule has 1 amide bonds. The Labute approximate surface area is 86.9 Å². The molecule has 1 aromatic rings. The average Bonchev–Trinajstić information content (AvgIpc) is 2.18. The standard InChI is InChI=1S/C9H11ClN2O2/c1-6(5-13)12-9(14)7-2-3-8(10)11-4-7/h2-4,6,13H,5H2,1H3,(H,12,14). The first-order valence-corrected chi connectivity index (χ1v) is 4.54. The first kappa shape index (κ1) is 10.9. The summed E-state index contributed by atoms with van der Waals surface area (Å²) in [7, 11) is 0. The highest BCUT2D eigenvalue weighted by Gasteiger charge is 2.08. The largest absolute Gasteiger partial charge is 0.394 e. The summed E-state index contributed by atoms with van der Waals surface area (Å²) in [5.41, 5.74) is 0.426. The van der Waals surface area contributed by atoms with Gasteiger partial charge in [-0.15, -0.1) is 0 Å². The molecule has 76 valence electrons. The molecule has 0 spiro atoms. The van der Waals surface area contributed by atoms with Gasteiger partial charge in [0.25, 0.3) is 5.91 Å². The van der Waals surface area contributed by atoms with Crippen LogP contribution in [0, 0.1) is 0 Å². The van der Waals surface area contributed by atoms with Gasteiger partial charge in [0.15, 0.2) is 0 Å². The van der Waals surface area contributed by atoms with Crippen LogP contribution in [-0.2, 0) is 0 Å². The molecule has 0 aliphatic heterocycles. The van der Waals surface area contributed by atoms with E-state index in [1.54, 1.807) is 19.1 Å². The lowest BCUT2D eigenvalue weighted by Crippen LogP contribution is -2.34. The molecule has 14 heavy (non-hydrogen) atoms. The number of amides is 1. The van der Waals surface area contributed by atoms with Crippen LogP contribution >= 0.6 is 11.6 Å². The van der Waals surface area contributed by atoms with Gasteiger partial charge in [-0.2, -0.15) is 0 Å². The summed E-state index contributed by atoms with van der Waals surface area (Å²) in [6.07, 6.45) is 1.39. The molecule has 2 N–H and O–H groups in total. The molecule has 0 aliphatic rings. The van der Waals surface area contributed by atoms with Gasteiger partial charge in [0.2, 0.25) is 0 Å². The normalized spacial score (nSPS) is 12.2. The smallest absolute Gasteiger partial charge is 0.253 e. The van der Waals surface area contributed by atoms with Crippen LogP contribution in [0.25, 0.3) is 0 Å². The number of aliphatic hydroxyl groups is 1. The highest BCUT2D eigenvalue weighted by atomic mass is 35.5. The molecule has 0 aliphatic carbocycles. The van der Waals surface area contributed by atoms with Gasteiger partial charge < -0.3 is 10.4 Å². The molecule has 4 nitrogen and oxygen atoms in total. The lowest BCUT2D eigenvalue weighted by Gasteiger charge is -2.10. The average molecular weight is 215 g/mol. The summed E-state index contributed by atoms with van der Waals surface area (Å²) in [5, 5.41) is 11.7. The number of hydrogen-bond acceptors (Lipinski definition) is 3. The van der Waals surface area contributed by atoms with Crippen molar-refractivity contribution in [2.45, 2.75) is 13.0 Å². The van der Waals surface area contributed by atoms with Gasteiger partial charge in [-0.05, 0) is 19.1 Å². The van der Waals surface area contributed by atoms with E-state index in [0.29, 0.717) is 10.7 Å². The summed E-state index contributed by atoms with van der Waals surface area (Å²) in [6.45, 7) is 1.62. The fraction of sp³-hybridized carbons (Fsp3) is 0.333. The number of nitrogens with zero attached hydrogens (tertiary/aromatic N) is 1. The molecule has 1 heterocycles. The van der Waals surface area contributed by atoms with E-state index in [9.17, 15) is 4.79 Å². The molecule has 1 atom stereocenters. The van der Waals surface area contributed by atoms with Crippen LogP contribution in [0.15, 0.2) is 18.3 Å². The van der Waals surface area contributed by atoms with Crippen LogP contribution in [0.1, 0.15) is 17.3 Å². The maximum absolute atomic E-state index is 11.4. The van der Waals surface area contributed by atoms with E-state index in [-0.39, 0.29) is 18.6 Å². The minimum Gasteiger partial charge on any atom is -0.394 e. The monoisotopic (exact) mass is 214 g/mol. The van der Waals surface area contributed by atoms with Gasteiger partial charge in [-0.25, -0.2) is 4.98 Å². The zero-order valence-electron chi connectivity index (χ0n) is 7.70. The van der Waals surface area contributed by atoms with Gasteiger partial charge in [-0.3, -0.25) is 4.79 Å². The fourth-order valence-electron chi connectivity index (χ4n) is 0.863. The number of nitrogens with one attached hydrogen (secondary N) is 1. The highest BCUT2D eigenvalue weighted by molar-refractivity contribution is 6.29. The number of aromatic nitrogens is 1. The molecule has 1 aromatic heterocycles. The van der Waals surface area contributed by atoms with E-state index < -0.39 is 0 Å². The number of carbonyl (C=O) groups is 1. The zero-order chi connectivity index (χ0) is 10.6. The van der Waals surface area contributed by atoms with Crippen molar-refractivity contribution in [3.05, 3.63) is 29.0 Å². The second-order valence-corrected chi connectivity index (χ2v) is 3.31. The predicted molar refractivity (Wildman–Crippen MR) is 53.3 cm³/mol. The molecule has 1 rings (SSSR count). The number of rotatable bonds is 3. The topological polar surface area (TPSA) is 62.2 Å². The molecule has 0 aromatic carbocycles. The van der Waals surface area contributed by atoms with Gasteiger partial charge in [-0.1, -0.05) is 11.6 Å². The highest BCUT2D eigenvalue weighted by Crippen LogP contribution is 2.05. The molecule has 0 radical (unpaired) electrons. The van der Waals surface area contributed by atoms with Crippen molar-refractivity contribution >= 4 is 17.5 Å². The molecule has 0 bridgehead atoms. The van der Waals surface area contributed by atoms with E-state index >= 15 is 0 Å². The van der Waals surface area contributed by atoms with Crippen LogP contribution in [0.3, 0.4) is 0 Å². The van der Waals surface area contributed by atoms with E-state index in [1.165, 1.54) is 6.20 Å². The zero-order valence-corrected chi connectivity index (χ0v) is 8.45. The third-order valence-electron chi connectivity index (χ3n) is 1.64. The molecular formula is C9H11ClN2O2. The Hall–Kier alpha value is -1.13. The van der Waals surface area contributed by atoms with Crippen LogP contribution in [0.4, 0.5) is 0 Å². The summed E-state index contributed by atoms with van der Waals surface area (Å²) in [4.78, 5) is 15.2. The SMILES string of the molecule is CC(CO)NC(=O)c1ccc(Cl)nc1. The second-order valence-electron chi connectivity index (χ2n) is 2.93. The fourth-order valence-corrected chi connectivity index (χ4v) is 0.975. The Balaban J connectivity index is 2.65. The number of pyridine rings is 1. The minimum atomic E-state index is -0.268. The number of carbonyl (C=O) groups excluding carboxylic acids is 1. The molecular weight excluding hydrogens is 204 g/mol. The van der Waals surface area contributed by atoms with Crippen molar-refractivity contribution in [2.24, 2.45) is 0 Å². The van der Waals surface area contributed by atoms with E-state index in [0.717, 1.165) is 0 Å². The number of hydrogen-bond donors (Lipinski definition) is 2. The van der Waals surface area contributed by atoms with Gasteiger partial charge in [0.05, 0.1) is 12.2 Å². The van der Waals surface area contributed by atoms with Gasteiger partial charge in [0, 0.05) is 12.2 Å². The Morgan fingerprint density at radius 1 is 1.71 bits per heavy atom. The third kappa shape index (κ3) is 2.97. The first-order valence-electron chi connectivity index (χ1n) is 4.16. The maximum atomic E-state index is 11.4. The van der Waals surface area contributed by atoms with E-state index in [1.807, 2.05) is 0 Å². The number of halogens is 1. The lowest BCUT2D eigenvalue weighted by molar-refractivity contribution is 0.0922. The minimum absolute atomic E-state index is 0.0905. The van der Waals surface area contributed by atoms with Crippen molar-refractivity contribution in [2.75, 3.05) is 6.61 Å². The third-order valence-corrected chi connectivity index (χ3v) is 1.86. The predicted octanol–water partition coefficient (Wildman–Crippen LogP) is 0.846. The van der Waals surface area contributed by atoms with Crippen LogP contribution < -0.4 is 5.32 Å². The van der Waals surface area contributed by atoms with Crippen molar-refractivity contribution in [3.8, 4) is 0 Å². The van der Waals surface area contributed by atoms with Gasteiger partial charge in [0.1, 0.15) is 5.15 Å².